The van der Waals surface area contributed by atoms with E-state index in [4.69, 9.17) is 0 Å². The summed E-state index contributed by atoms with van der Waals surface area (Å²) in [7, 11) is 0. The number of fused-ring (bicyclic) bond motifs is 5. The first-order valence-corrected chi connectivity index (χ1v) is 5.16. The molecule has 0 aromatic rings. The predicted octanol–water partition coefficient (Wildman–Crippen LogP) is 1.20. The molecule has 0 heterocycles. The molecule has 0 spiro atoms. The fourth-order valence-electron chi connectivity index (χ4n) is 4.24. The molecule has 0 saturated heterocycles. The van der Waals surface area contributed by atoms with Crippen LogP contribution < -0.4 is 5.73 Å². The maximum atomic E-state index is 4.51. The van der Waals surface area contributed by atoms with E-state index in [-0.39, 0.29) is 0 Å². The van der Waals surface area contributed by atoms with Crippen LogP contribution in [0.15, 0.2) is 0 Å². The van der Waals surface area contributed by atoms with Crippen molar-refractivity contribution in [2.75, 3.05) is 0 Å². The molecule has 3 aliphatic rings. The third-order valence-electron chi connectivity index (χ3n) is 4.75. The topological polar surface area (TPSA) is 27.6 Å². The SMILES string of the molecule is [NH3+][C@@]12CCC[C@H]1[C@H]1CC[C@@H]2C1. The zero-order chi connectivity index (χ0) is 7.47. The Bertz CT molecular complexity index is 189. The summed E-state index contributed by atoms with van der Waals surface area (Å²) < 4.78 is 0. The number of rotatable bonds is 0. The zero-order valence-corrected chi connectivity index (χ0v) is 7.18. The Labute approximate surface area is 68.3 Å². The summed E-state index contributed by atoms with van der Waals surface area (Å²) in [5.74, 6) is 3.17. The summed E-state index contributed by atoms with van der Waals surface area (Å²) in [5, 5.41) is 0. The molecule has 0 unspecified atom stereocenters. The quantitative estimate of drug-likeness (QED) is 0.540. The summed E-state index contributed by atoms with van der Waals surface area (Å²) in [6.45, 7) is 0. The van der Waals surface area contributed by atoms with Crippen molar-refractivity contribution >= 4 is 0 Å². The largest absolute Gasteiger partial charge is 0.352 e. The van der Waals surface area contributed by atoms with Gasteiger partial charge in [-0.1, -0.05) is 0 Å². The van der Waals surface area contributed by atoms with Crippen molar-refractivity contribution in [1.29, 1.82) is 0 Å². The zero-order valence-electron chi connectivity index (χ0n) is 7.18. The average molecular weight is 152 g/mol. The Morgan fingerprint density at radius 3 is 2.91 bits per heavy atom. The van der Waals surface area contributed by atoms with E-state index in [9.17, 15) is 0 Å². The molecule has 0 aliphatic heterocycles. The van der Waals surface area contributed by atoms with E-state index in [1.807, 2.05) is 0 Å². The highest BCUT2D eigenvalue weighted by Crippen LogP contribution is 2.58. The predicted molar refractivity (Wildman–Crippen MR) is 43.8 cm³/mol. The van der Waals surface area contributed by atoms with Gasteiger partial charge in [0.15, 0.2) is 0 Å². The minimum Gasteiger partial charge on any atom is -0.352 e. The van der Waals surface area contributed by atoms with Crippen LogP contribution in [0.3, 0.4) is 0 Å². The fourth-order valence-corrected chi connectivity index (χ4v) is 4.24. The summed E-state index contributed by atoms with van der Waals surface area (Å²) in [5.41, 5.74) is 5.09. The molecule has 0 aromatic heterocycles. The molecule has 0 aromatic carbocycles. The van der Waals surface area contributed by atoms with Crippen LogP contribution in [-0.2, 0) is 0 Å². The Morgan fingerprint density at radius 2 is 2.09 bits per heavy atom. The van der Waals surface area contributed by atoms with E-state index in [1.165, 1.54) is 38.5 Å². The van der Waals surface area contributed by atoms with Gasteiger partial charge in [0.25, 0.3) is 0 Å². The molecule has 3 N–H and O–H groups in total. The molecular formula is C10H18N+. The molecule has 62 valence electrons. The van der Waals surface area contributed by atoms with Crippen LogP contribution in [0.25, 0.3) is 0 Å². The van der Waals surface area contributed by atoms with Gasteiger partial charge in [-0.25, -0.2) is 0 Å². The van der Waals surface area contributed by atoms with Gasteiger partial charge in [0.2, 0.25) is 0 Å². The summed E-state index contributed by atoms with van der Waals surface area (Å²) in [6.07, 6.45) is 9.00. The van der Waals surface area contributed by atoms with Gasteiger partial charge >= 0.3 is 0 Å². The van der Waals surface area contributed by atoms with E-state index in [1.54, 1.807) is 0 Å². The van der Waals surface area contributed by atoms with Crippen LogP contribution in [0.1, 0.15) is 38.5 Å². The molecular weight excluding hydrogens is 134 g/mol. The van der Waals surface area contributed by atoms with Crippen molar-refractivity contribution in [2.45, 2.75) is 44.1 Å². The minimum absolute atomic E-state index is 0.572. The molecule has 3 fully saturated rings. The van der Waals surface area contributed by atoms with Gasteiger partial charge < -0.3 is 5.73 Å². The molecule has 1 heteroatoms. The molecule has 11 heavy (non-hydrogen) atoms. The summed E-state index contributed by atoms with van der Waals surface area (Å²) >= 11 is 0. The standard InChI is InChI=1S/C10H17N/c11-10-5-1-2-9(10)7-3-4-8(10)6-7/h7-9H,1-6,11H2/p+1/t7-,8+,9-,10+/m0/s1. The van der Waals surface area contributed by atoms with Crippen molar-refractivity contribution in [3.05, 3.63) is 0 Å². The van der Waals surface area contributed by atoms with E-state index in [0.717, 1.165) is 17.8 Å². The van der Waals surface area contributed by atoms with Crippen molar-refractivity contribution < 1.29 is 5.73 Å². The molecule has 3 rings (SSSR count). The van der Waals surface area contributed by atoms with E-state index in [2.05, 4.69) is 5.73 Å². The Balaban J connectivity index is 2.00. The van der Waals surface area contributed by atoms with E-state index in [0.29, 0.717) is 5.54 Å². The maximum Gasteiger partial charge on any atom is 0.100 e. The average Bonchev–Trinajstić information content (AvgIpc) is 2.54. The van der Waals surface area contributed by atoms with Gasteiger partial charge in [0.05, 0.1) is 0 Å². The number of hydrogen-bond donors (Lipinski definition) is 1. The van der Waals surface area contributed by atoms with Gasteiger partial charge in [-0.15, -0.1) is 0 Å². The van der Waals surface area contributed by atoms with Crippen molar-refractivity contribution in [1.82, 2.24) is 0 Å². The van der Waals surface area contributed by atoms with Crippen LogP contribution in [0.2, 0.25) is 0 Å². The van der Waals surface area contributed by atoms with Crippen molar-refractivity contribution in [2.24, 2.45) is 17.8 Å². The van der Waals surface area contributed by atoms with Gasteiger partial charge in [-0.2, -0.15) is 0 Å². The molecule has 1 nitrogen and oxygen atoms in total. The van der Waals surface area contributed by atoms with Crippen LogP contribution >= 0.6 is 0 Å². The fraction of sp³-hybridized carbons (Fsp3) is 1.00. The molecule has 2 bridgehead atoms. The summed E-state index contributed by atoms with van der Waals surface area (Å²) in [4.78, 5) is 0. The first-order valence-electron chi connectivity index (χ1n) is 5.16. The Kier molecular flexibility index (Phi) is 1.07. The maximum absolute atomic E-state index is 4.51. The third-order valence-corrected chi connectivity index (χ3v) is 4.75. The molecule has 3 aliphatic carbocycles. The van der Waals surface area contributed by atoms with Crippen LogP contribution in [0, 0.1) is 17.8 Å². The minimum atomic E-state index is 0.572. The molecule has 3 saturated carbocycles. The highest BCUT2D eigenvalue weighted by molar-refractivity contribution is 5.08. The second-order valence-corrected chi connectivity index (χ2v) is 5.00. The second-order valence-electron chi connectivity index (χ2n) is 5.00. The Morgan fingerprint density at radius 1 is 1.18 bits per heavy atom. The Hall–Kier alpha value is -0.0400. The second kappa shape index (κ2) is 1.82. The van der Waals surface area contributed by atoms with Crippen molar-refractivity contribution in [3.8, 4) is 0 Å². The lowest BCUT2D eigenvalue weighted by molar-refractivity contribution is -0.499. The third kappa shape index (κ3) is 0.618. The lowest BCUT2D eigenvalue weighted by atomic mass is 9.76. The number of quaternary nitrogens is 1. The highest BCUT2D eigenvalue weighted by Gasteiger charge is 2.60. The lowest BCUT2D eigenvalue weighted by Gasteiger charge is -2.31. The first kappa shape index (κ1) is 6.47. The van der Waals surface area contributed by atoms with E-state index < -0.39 is 0 Å². The van der Waals surface area contributed by atoms with Gasteiger partial charge in [-0.3, -0.25) is 0 Å². The van der Waals surface area contributed by atoms with Gasteiger partial charge in [0.1, 0.15) is 5.54 Å². The van der Waals surface area contributed by atoms with Crippen LogP contribution in [0.5, 0.6) is 0 Å². The van der Waals surface area contributed by atoms with Gasteiger partial charge in [0, 0.05) is 18.3 Å². The first-order chi connectivity index (χ1) is 5.31. The highest BCUT2D eigenvalue weighted by atomic mass is 14.9. The molecule has 0 amide bonds. The van der Waals surface area contributed by atoms with Crippen LogP contribution in [0.4, 0.5) is 0 Å². The number of hydrogen-bond acceptors (Lipinski definition) is 0. The van der Waals surface area contributed by atoms with E-state index >= 15 is 0 Å². The normalized spacial score (nSPS) is 60.3. The van der Waals surface area contributed by atoms with Gasteiger partial charge in [-0.05, 0) is 38.0 Å². The van der Waals surface area contributed by atoms with Crippen molar-refractivity contribution in [3.63, 3.8) is 0 Å². The monoisotopic (exact) mass is 152 g/mol. The molecule has 0 radical (unpaired) electrons. The lowest BCUT2D eigenvalue weighted by Crippen LogP contribution is -2.76. The smallest absolute Gasteiger partial charge is 0.100 e. The summed E-state index contributed by atoms with van der Waals surface area (Å²) in [6, 6.07) is 0. The van der Waals surface area contributed by atoms with Crippen LogP contribution in [-0.4, -0.2) is 5.54 Å². The molecule has 4 atom stereocenters.